The van der Waals surface area contributed by atoms with Crippen molar-refractivity contribution >= 4 is 17.2 Å². The van der Waals surface area contributed by atoms with Gasteiger partial charge in [-0.3, -0.25) is 4.79 Å². The van der Waals surface area contributed by atoms with Crippen molar-refractivity contribution in [1.29, 1.82) is 5.26 Å². The van der Waals surface area contributed by atoms with Crippen LogP contribution in [0.3, 0.4) is 0 Å². The van der Waals surface area contributed by atoms with Crippen molar-refractivity contribution in [3.05, 3.63) is 16.6 Å². The number of hydrogen-bond acceptors (Lipinski definition) is 4. The van der Waals surface area contributed by atoms with Crippen LogP contribution in [0.15, 0.2) is 10.9 Å². The number of nitrogens with one attached hydrogen (secondary N) is 1. The highest BCUT2D eigenvalue weighted by atomic mass is 32.1. The van der Waals surface area contributed by atoms with Gasteiger partial charge in [0.2, 0.25) is 5.91 Å². The highest BCUT2D eigenvalue weighted by Gasteiger charge is 2.26. The Labute approximate surface area is 86.6 Å². The molecule has 0 aliphatic rings. The number of hydrogen-bond donors (Lipinski definition) is 1. The van der Waals surface area contributed by atoms with Gasteiger partial charge in [-0.15, -0.1) is 11.3 Å². The minimum absolute atomic E-state index is 0.270. The number of thiazole rings is 1. The van der Waals surface area contributed by atoms with Gasteiger partial charge in [0.25, 0.3) is 0 Å². The summed E-state index contributed by atoms with van der Waals surface area (Å²) < 4.78 is 0. The molecule has 0 atom stereocenters. The molecule has 0 saturated carbocycles. The molecule has 1 N–H and O–H groups in total. The summed E-state index contributed by atoms with van der Waals surface area (Å²) in [5.41, 5.74) is 1.55. The van der Waals surface area contributed by atoms with Crippen LogP contribution in [0, 0.1) is 16.7 Å². The lowest BCUT2D eigenvalue weighted by Gasteiger charge is -2.13. The molecule has 4 nitrogen and oxygen atoms in total. The van der Waals surface area contributed by atoms with Gasteiger partial charge >= 0.3 is 0 Å². The fourth-order valence-corrected chi connectivity index (χ4v) is 1.33. The van der Waals surface area contributed by atoms with Crippen LogP contribution < -0.4 is 5.32 Å². The lowest BCUT2D eigenvalue weighted by atomic mass is 9.95. The Kier molecular flexibility index (Phi) is 3.20. The van der Waals surface area contributed by atoms with E-state index in [1.54, 1.807) is 19.4 Å². The van der Waals surface area contributed by atoms with Gasteiger partial charge in [0.1, 0.15) is 5.41 Å². The van der Waals surface area contributed by atoms with Gasteiger partial charge in [0, 0.05) is 5.38 Å². The van der Waals surface area contributed by atoms with Gasteiger partial charge in [-0.1, -0.05) is 0 Å². The van der Waals surface area contributed by atoms with Gasteiger partial charge in [0.15, 0.2) is 0 Å². The molecule has 0 aliphatic heterocycles. The van der Waals surface area contributed by atoms with Crippen LogP contribution >= 0.6 is 11.3 Å². The van der Waals surface area contributed by atoms with Gasteiger partial charge < -0.3 is 5.32 Å². The minimum Gasteiger partial charge on any atom is -0.349 e. The molecule has 74 valence electrons. The molecule has 1 aromatic rings. The normalized spacial score (nSPS) is 10.6. The largest absolute Gasteiger partial charge is 0.349 e. The molecule has 0 aliphatic carbocycles. The van der Waals surface area contributed by atoms with Gasteiger partial charge in [-0.2, -0.15) is 5.26 Å². The molecule has 0 spiro atoms. The van der Waals surface area contributed by atoms with Crippen LogP contribution in [0.1, 0.15) is 19.5 Å². The first-order valence-electron chi connectivity index (χ1n) is 4.13. The zero-order valence-corrected chi connectivity index (χ0v) is 8.89. The van der Waals surface area contributed by atoms with Crippen molar-refractivity contribution < 1.29 is 4.79 Å². The second kappa shape index (κ2) is 4.20. The first kappa shape index (κ1) is 10.7. The summed E-state index contributed by atoms with van der Waals surface area (Å²) in [6.07, 6.45) is 0. The Hall–Kier alpha value is -1.41. The SMILES string of the molecule is CC(C)(C#N)C(=O)NCc1cscn1. The Morgan fingerprint density at radius 1 is 1.79 bits per heavy atom. The third-order valence-corrected chi connectivity index (χ3v) is 2.40. The zero-order valence-electron chi connectivity index (χ0n) is 8.07. The Balaban J connectivity index is 2.48. The summed E-state index contributed by atoms with van der Waals surface area (Å²) in [6, 6.07) is 1.94. The van der Waals surface area contributed by atoms with Gasteiger partial charge in [0.05, 0.1) is 23.8 Å². The second-order valence-corrected chi connectivity index (χ2v) is 4.12. The maximum Gasteiger partial charge on any atom is 0.240 e. The lowest BCUT2D eigenvalue weighted by molar-refractivity contribution is -0.126. The number of amides is 1. The lowest BCUT2D eigenvalue weighted by Crippen LogP contribution is -2.35. The molecule has 1 rings (SSSR count). The molecule has 0 unspecified atom stereocenters. The average molecular weight is 209 g/mol. The van der Waals surface area contributed by atoms with Gasteiger partial charge in [-0.05, 0) is 13.8 Å². The first-order chi connectivity index (χ1) is 6.56. The highest BCUT2D eigenvalue weighted by Crippen LogP contribution is 2.13. The fraction of sp³-hybridized carbons (Fsp3) is 0.444. The van der Waals surface area contributed by atoms with E-state index in [0.717, 1.165) is 5.69 Å². The van der Waals surface area contributed by atoms with E-state index in [1.807, 2.05) is 11.4 Å². The Bertz CT molecular complexity index is 351. The topological polar surface area (TPSA) is 65.8 Å². The highest BCUT2D eigenvalue weighted by molar-refractivity contribution is 7.07. The third-order valence-electron chi connectivity index (χ3n) is 1.76. The molecule has 1 aromatic heterocycles. The summed E-state index contributed by atoms with van der Waals surface area (Å²) in [5, 5.41) is 13.2. The first-order valence-corrected chi connectivity index (χ1v) is 5.07. The summed E-state index contributed by atoms with van der Waals surface area (Å²) in [5.74, 6) is -0.270. The van der Waals surface area contributed by atoms with Crippen LogP contribution in [-0.2, 0) is 11.3 Å². The van der Waals surface area contributed by atoms with Crippen LogP contribution in [-0.4, -0.2) is 10.9 Å². The molecule has 0 fully saturated rings. The molecule has 0 radical (unpaired) electrons. The van der Waals surface area contributed by atoms with E-state index in [0.29, 0.717) is 6.54 Å². The van der Waals surface area contributed by atoms with Crippen molar-refractivity contribution in [1.82, 2.24) is 10.3 Å². The van der Waals surface area contributed by atoms with Crippen LogP contribution in [0.5, 0.6) is 0 Å². The molecular weight excluding hydrogens is 198 g/mol. The summed E-state index contributed by atoms with van der Waals surface area (Å²) >= 11 is 1.48. The average Bonchev–Trinajstić information content (AvgIpc) is 2.66. The maximum absolute atomic E-state index is 11.4. The van der Waals surface area contributed by atoms with E-state index in [9.17, 15) is 4.79 Å². The van der Waals surface area contributed by atoms with Crippen LogP contribution in [0.4, 0.5) is 0 Å². The van der Waals surface area contributed by atoms with Crippen molar-refractivity contribution in [2.75, 3.05) is 0 Å². The molecule has 1 heterocycles. The van der Waals surface area contributed by atoms with E-state index < -0.39 is 5.41 Å². The van der Waals surface area contributed by atoms with Crippen LogP contribution in [0.2, 0.25) is 0 Å². The minimum atomic E-state index is -0.976. The quantitative estimate of drug-likeness (QED) is 0.816. The molecule has 0 aromatic carbocycles. The number of carbonyl (C=O) groups excluding carboxylic acids is 1. The number of nitrogens with zero attached hydrogens (tertiary/aromatic N) is 2. The second-order valence-electron chi connectivity index (χ2n) is 3.40. The Morgan fingerprint density at radius 2 is 2.50 bits per heavy atom. The standard InChI is InChI=1S/C9H11N3OS/c1-9(2,5-10)8(13)11-3-7-4-14-6-12-7/h4,6H,3H2,1-2H3,(H,11,13). The van der Waals surface area contributed by atoms with Gasteiger partial charge in [-0.25, -0.2) is 4.98 Å². The number of rotatable bonds is 3. The van der Waals surface area contributed by atoms with E-state index in [2.05, 4.69) is 10.3 Å². The van der Waals surface area contributed by atoms with Crippen molar-refractivity contribution in [3.63, 3.8) is 0 Å². The van der Waals surface area contributed by atoms with Crippen molar-refractivity contribution in [2.24, 2.45) is 5.41 Å². The zero-order chi connectivity index (χ0) is 10.6. The monoisotopic (exact) mass is 209 g/mol. The Morgan fingerprint density at radius 3 is 3.00 bits per heavy atom. The predicted molar refractivity (Wildman–Crippen MR) is 53.4 cm³/mol. The molecular formula is C9H11N3OS. The van der Waals surface area contributed by atoms with E-state index in [4.69, 9.17) is 5.26 Å². The smallest absolute Gasteiger partial charge is 0.240 e. The predicted octanol–water partition coefficient (Wildman–Crippen LogP) is 1.31. The fourth-order valence-electron chi connectivity index (χ4n) is 0.767. The van der Waals surface area contributed by atoms with Crippen molar-refractivity contribution in [2.45, 2.75) is 20.4 Å². The number of nitriles is 1. The number of carbonyl (C=O) groups is 1. The summed E-state index contributed by atoms with van der Waals surface area (Å²) in [4.78, 5) is 15.5. The molecule has 0 bridgehead atoms. The number of aromatic nitrogens is 1. The van der Waals surface area contributed by atoms with Crippen molar-refractivity contribution in [3.8, 4) is 6.07 Å². The molecule has 1 amide bonds. The third kappa shape index (κ3) is 2.54. The van der Waals surface area contributed by atoms with E-state index in [-0.39, 0.29) is 5.91 Å². The summed E-state index contributed by atoms with van der Waals surface area (Å²) in [6.45, 7) is 3.56. The maximum atomic E-state index is 11.4. The molecule has 14 heavy (non-hydrogen) atoms. The van der Waals surface area contributed by atoms with E-state index in [1.165, 1.54) is 11.3 Å². The van der Waals surface area contributed by atoms with Crippen LogP contribution in [0.25, 0.3) is 0 Å². The summed E-state index contributed by atoms with van der Waals surface area (Å²) in [7, 11) is 0. The molecule has 0 saturated heterocycles. The van der Waals surface area contributed by atoms with E-state index >= 15 is 0 Å². The molecule has 5 heteroatoms.